The molecule has 146 valence electrons. The number of aryl methyl sites for hydroxylation is 1. The molecule has 0 spiro atoms. The van der Waals surface area contributed by atoms with Gasteiger partial charge in [0.25, 0.3) is 0 Å². The highest BCUT2D eigenvalue weighted by Crippen LogP contribution is 2.35. The molecular weight excluding hydrogens is 360 g/mol. The molecule has 0 atom stereocenters. The summed E-state index contributed by atoms with van der Waals surface area (Å²) >= 11 is 0. The van der Waals surface area contributed by atoms with Crippen molar-refractivity contribution in [2.24, 2.45) is 0 Å². The smallest absolute Gasteiger partial charge is 0.239 e. The molecule has 0 saturated heterocycles. The Kier molecular flexibility index (Phi) is 6.16. The van der Waals surface area contributed by atoms with E-state index in [2.05, 4.69) is 10.5 Å². The topological polar surface area (TPSA) is 82.8 Å². The van der Waals surface area contributed by atoms with Crippen LogP contribution in [0.1, 0.15) is 12.0 Å². The summed E-state index contributed by atoms with van der Waals surface area (Å²) in [6, 6.07) is 13.1. The van der Waals surface area contributed by atoms with E-state index in [9.17, 15) is 4.79 Å². The third-order valence-corrected chi connectivity index (χ3v) is 4.33. The molecule has 0 fully saturated rings. The van der Waals surface area contributed by atoms with E-state index in [1.807, 2.05) is 30.3 Å². The number of hydrogen-bond acceptors (Lipinski definition) is 6. The van der Waals surface area contributed by atoms with Gasteiger partial charge in [0.05, 0.1) is 33.1 Å². The molecular formula is C21H22N2O5. The minimum absolute atomic E-state index is 0.176. The van der Waals surface area contributed by atoms with Gasteiger partial charge in [-0.2, -0.15) is 0 Å². The lowest BCUT2D eigenvalue weighted by Gasteiger charge is -2.10. The summed E-state index contributed by atoms with van der Waals surface area (Å²) in [5.41, 5.74) is 2.42. The Morgan fingerprint density at radius 2 is 1.75 bits per heavy atom. The Morgan fingerprint density at radius 1 is 1.00 bits per heavy atom. The Morgan fingerprint density at radius 3 is 2.50 bits per heavy atom. The Hall–Kier alpha value is -3.48. The van der Waals surface area contributed by atoms with Gasteiger partial charge in [0, 0.05) is 6.42 Å². The Balaban J connectivity index is 1.71. The molecule has 3 aromatic rings. The molecule has 28 heavy (non-hydrogen) atoms. The molecule has 0 unspecified atom stereocenters. The van der Waals surface area contributed by atoms with Crippen molar-refractivity contribution in [3.8, 4) is 28.4 Å². The summed E-state index contributed by atoms with van der Waals surface area (Å²) in [7, 11) is 4.75. The summed E-state index contributed by atoms with van der Waals surface area (Å²) in [5, 5.41) is 6.60. The summed E-state index contributed by atoms with van der Waals surface area (Å²) in [5.74, 6) is 2.07. The first-order valence-corrected chi connectivity index (χ1v) is 8.75. The van der Waals surface area contributed by atoms with Gasteiger partial charge in [-0.1, -0.05) is 29.4 Å². The largest absolute Gasteiger partial charge is 0.496 e. The lowest BCUT2D eigenvalue weighted by atomic mass is 10.1. The van der Waals surface area contributed by atoms with Crippen molar-refractivity contribution in [2.45, 2.75) is 12.8 Å². The van der Waals surface area contributed by atoms with Crippen molar-refractivity contribution in [3.63, 3.8) is 0 Å². The zero-order chi connectivity index (χ0) is 19.9. The minimum atomic E-state index is -0.176. The highest BCUT2D eigenvalue weighted by molar-refractivity contribution is 5.93. The molecule has 1 aromatic heterocycles. The van der Waals surface area contributed by atoms with E-state index in [1.54, 1.807) is 39.7 Å². The summed E-state index contributed by atoms with van der Waals surface area (Å²) < 4.78 is 21.1. The average molecular weight is 382 g/mol. The minimum Gasteiger partial charge on any atom is -0.496 e. The van der Waals surface area contributed by atoms with Crippen molar-refractivity contribution in [1.82, 2.24) is 5.16 Å². The predicted octanol–water partition coefficient (Wildman–Crippen LogP) is 3.94. The number of hydrogen-bond donors (Lipinski definition) is 1. The van der Waals surface area contributed by atoms with E-state index >= 15 is 0 Å². The fourth-order valence-electron chi connectivity index (χ4n) is 2.89. The maximum absolute atomic E-state index is 12.4. The second-order valence-corrected chi connectivity index (χ2v) is 6.00. The first-order valence-electron chi connectivity index (χ1n) is 8.75. The molecule has 0 aliphatic carbocycles. The van der Waals surface area contributed by atoms with Crippen LogP contribution < -0.4 is 19.5 Å². The normalized spacial score (nSPS) is 10.4. The number of methoxy groups -OCH3 is 3. The van der Waals surface area contributed by atoms with Crippen molar-refractivity contribution < 1.29 is 23.5 Å². The third-order valence-electron chi connectivity index (χ3n) is 4.33. The van der Waals surface area contributed by atoms with Gasteiger partial charge < -0.3 is 18.7 Å². The first-order chi connectivity index (χ1) is 13.7. The van der Waals surface area contributed by atoms with Crippen LogP contribution in [0.25, 0.3) is 11.1 Å². The molecule has 7 heteroatoms. The molecule has 7 nitrogen and oxygen atoms in total. The molecule has 0 aliphatic heterocycles. The molecule has 2 aromatic carbocycles. The van der Waals surface area contributed by atoms with Gasteiger partial charge in [-0.05, 0) is 35.7 Å². The second-order valence-electron chi connectivity index (χ2n) is 6.00. The quantitative estimate of drug-likeness (QED) is 0.635. The monoisotopic (exact) mass is 382 g/mol. The van der Waals surface area contributed by atoms with Gasteiger partial charge in [0.1, 0.15) is 5.75 Å². The highest BCUT2D eigenvalue weighted by atomic mass is 16.5. The fraction of sp³-hybridized carbons (Fsp3) is 0.238. The van der Waals surface area contributed by atoms with Crippen LogP contribution in [0.4, 0.5) is 5.88 Å². The lowest BCUT2D eigenvalue weighted by molar-refractivity contribution is -0.116. The van der Waals surface area contributed by atoms with E-state index < -0.39 is 0 Å². The van der Waals surface area contributed by atoms with Crippen molar-refractivity contribution in [1.29, 1.82) is 0 Å². The second kappa shape index (κ2) is 8.94. The molecule has 1 N–H and O–H groups in total. The standard InChI is InChI=1S/C21H22N2O5/c1-25-17-7-5-4-6-14(17)9-11-20(24)23-21-16(13-22-28-21)15-8-10-18(26-2)19(12-15)27-3/h4-8,10,12-13H,9,11H2,1-3H3,(H,23,24). The molecule has 0 aliphatic rings. The van der Waals surface area contributed by atoms with Crippen LogP contribution in [0.3, 0.4) is 0 Å². The number of nitrogens with zero attached hydrogens (tertiary/aromatic N) is 1. The average Bonchev–Trinajstić information content (AvgIpc) is 3.19. The Bertz CT molecular complexity index is 951. The van der Waals surface area contributed by atoms with Crippen LogP contribution in [0.5, 0.6) is 17.2 Å². The summed E-state index contributed by atoms with van der Waals surface area (Å²) in [6.45, 7) is 0. The van der Waals surface area contributed by atoms with Crippen LogP contribution in [0, 0.1) is 0 Å². The number of amides is 1. The first kappa shape index (κ1) is 19.3. The molecule has 3 rings (SSSR count). The molecule has 0 radical (unpaired) electrons. The molecule has 1 heterocycles. The van der Waals surface area contributed by atoms with E-state index in [4.69, 9.17) is 18.7 Å². The molecule has 0 saturated carbocycles. The van der Waals surface area contributed by atoms with E-state index in [-0.39, 0.29) is 18.2 Å². The van der Waals surface area contributed by atoms with Gasteiger partial charge in [0.15, 0.2) is 11.5 Å². The number of anilines is 1. The zero-order valence-electron chi connectivity index (χ0n) is 16.0. The maximum Gasteiger partial charge on any atom is 0.239 e. The molecule has 1 amide bonds. The molecule has 0 bridgehead atoms. The number of benzene rings is 2. The number of ether oxygens (including phenoxy) is 3. The number of carbonyl (C=O) groups excluding carboxylic acids is 1. The number of aromatic nitrogens is 1. The fourth-order valence-corrected chi connectivity index (χ4v) is 2.89. The van der Waals surface area contributed by atoms with Crippen LogP contribution >= 0.6 is 0 Å². The Labute approximate surface area is 163 Å². The van der Waals surface area contributed by atoms with Gasteiger partial charge in [0.2, 0.25) is 11.8 Å². The SMILES string of the molecule is COc1ccccc1CCC(=O)Nc1oncc1-c1ccc(OC)c(OC)c1. The number of para-hydroxylation sites is 1. The van der Waals surface area contributed by atoms with Gasteiger partial charge in [-0.15, -0.1) is 0 Å². The van der Waals surface area contributed by atoms with Crippen molar-refractivity contribution >= 4 is 11.8 Å². The van der Waals surface area contributed by atoms with E-state index in [0.29, 0.717) is 23.5 Å². The van der Waals surface area contributed by atoms with E-state index in [0.717, 1.165) is 16.9 Å². The van der Waals surface area contributed by atoms with Crippen LogP contribution in [0.2, 0.25) is 0 Å². The number of rotatable bonds is 8. The van der Waals surface area contributed by atoms with Crippen molar-refractivity contribution in [2.75, 3.05) is 26.6 Å². The van der Waals surface area contributed by atoms with Gasteiger partial charge in [-0.25, -0.2) is 0 Å². The van der Waals surface area contributed by atoms with Crippen LogP contribution in [0.15, 0.2) is 53.2 Å². The number of nitrogens with one attached hydrogen (secondary N) is 1. The predicted molar refractivity (Wildman–Crippen MR) is 105 cm³/mol. The van der Waals surface area contributed by atoms with Gasteiger partial charge >= 0.3 is 0 Å². The van der Waals surface area contributed by atoms with Crippen molar-refractivity contribution in [3.05, 3.63) is 54.2 Å². The third kappa shape index (κ3) is 4.25. The zero-order valence-corrected chi connectivity index (χ0v) is 16.0. The van der Waals surface area contributed by atoms with Crippen LogP contribution in [-0.2, 0) is 11.2 Å². The number of carbonyl (C=O) groups is 1. The van der Waals surface area contributed by atoms with Gasteiger partial charge in [-0.3, -0.25) is 10.1 Å². The maximum atomic E-state index is 12.4. The summed E-state index contributed by atoms with van der Waals surface area (Å²) in [6.07, 6.45) is 2.39. The lowest BCUT2D eigenvalue weighted by Crippen LogP contribution is -2.12. The summed E-state index contributed by atoms with van der Waals surface area (Å²) in [4.78, 5) is 12.4. The van der Waals surface area contributed by atoms with E-state index in [1.165, 1.54) is 0 Å². The highest BCUT2D eigenvalue weighted by Gasteiger charge is 2.16. The van der Waals surface area contributed by atoms with Crippen LogP contribution in [-0.4, -0.2) is 32.4 Å².